The lowest BCUT2D eigenvalue weighted by Gasteiger charge is -2.05. The van der Waals surface area contributed by atoms with Crippen LogP contribution >= 0.6 is 22.9 Å². The molecule has 0 aliphatic carbocycles. The summed E-state index contributed by atoms with van der Waals surface area (Å²) in [7, 11) is 1.65. The van der Waals surface area contributed by atoms with Gasteiger partial charge >= 0.3 is 0 Å². The van der Waals surface area contributed by atoms with Gasteiger partial charge in [0.05, 0.1) is 12.8 Å². The highest BCUT2D eigenvalue weighted by atomic mass is 35.5. The average molecular weight is 359 g/mol. The minimum Gasteiger partial charge on any atom is -0.496 e. The zero-order chi connectivity index (χ0) is 17.1. The molecule has 1 aromatic heterocycles. The lowest BCUT2D eigenvalue weighted by Crippen LogP contribution is -2.11. The van der Waals surface area contributed by atoms with Crippen molar-refractivity contribution in [2.45, 2.75) is 6.92 Å². The van der Waals surface area contributed by atoms with Crippen molar-refractivity contribution in [3.8, 4) is 17.0 Å². The topological polar surface area (TPSA) is 51.2 Å². The highest BCUT2D eigenvalue weighted by Crippen LogP contribution is 2.29. The molecule has 3 aromatic rings. The van der Waals surface area contributed by atoms with Gasteiger partial charge in [-0.3, -0.25) is 10.1 Å². The minimum atomic E-state index is -0.210. The SMILES string of the molecule is COc1ccc(-c2csc(NC(=O)c3ccc(Cl)cc3)n2)cc1C. The Hall–Kier alpha value is -2.37. The predicted octanol–water partition coefficient (Wildman–Crippen LogP) is 5.03. The maximum atomic E-state index is 12.2. The fourth-order valence-corrected chi connectivity index (χ4v) is 3.11. The second kappa shape index (κ2) is 7.03. The molecule has 0 atom stereocenters. The number of carbonyl (C=O) groups excluding carboxylic acids is 1. The number of carbonyl (C=O) groups is 1. The number of hydrogen-bond acceptors (Lipinski definition) is 4. The molecule has 1 N–H and O–H groups in total. The Labute approximate surface area is 149 Å². The van der Waals surface area contributed by atoms with Crippen LogP contribution in [0.3, 0.4) is 0 Å². The number of methoxy groups -OCH3 is 1. The van der Waals surface area contributed by atoms with Gasteiger partial charge in [-0.05, 0) is 55.0 Å². The molecule has 0 spiro atoms. The summed E-state index contributed by atoms with van der Waals surface area (Å²) in [6.45, 7) is 1.98. The summed E-state index contributed by atoms with van der Waals surface area (Å²) in [5.74, 6) is 0.628. The second-order valence-electron chi connectivity index (χ2n) is 5.18. The van der Waals surface area contributed by atoms with Gasteiger partial charge in [-0.2, -0.15) is 0 Å². The number of hydrogen-bond donors (Lipinski definition) is 1. The highest BCUT2D eigenvalue weighted by molar-refractivity contribution is 7.14. The Bertz CT molecular complexity index is 875. The van der Waals surface area contributed by atoms with E-state index in [1.54, 1.807) is 31.4 Å². The van der Waals surface area contributed by atoms with E-state index >= 15 is 0 Å². The molecule has 2 aromatic carbocycles. The van der Waals surface area contributed by atoms with Gasteiger partial charge in [-0.15, -0.1) is 11.3 Å². The van der Waals surface area contributed by atoms with E-state index in [0.29, 0.717) is 15.7 Å². The molecule has 122 valence electrons. The number of rotatable bonds is 4. The van der Waals surface area contributed by atoms with Crippen LogP contribution in [0.2, 0.25) is 5.02 Å². The predicted molar refractivity (Wildman–Crippen MR) is 98.2 cm³/mol. The molecule has 3 rings (SSSR count). The molecule has 6 heteroatoms. The first-order chi connectivity index (χ1) is 11.6. The van der Waals surface area contributed by atoms with E-state index in [2.05, 4.69) is 10.3 Å². The first-order valence-corrected chi connectivity index (χ1v) is 8.50. The van der Waals surface area contributed by atoms with Crippen LogP contribution < -0.4 is 10.1 Å². The number of nitrogens with zero attached hydrogens (tertiary/aromatic N) is 1. The van der Waals surface area contributed by atoms with Gasteiger partial charge in [0.15, 0.2) is 5.13 Å². The largest absolute Gasteiger partial charge is 0.496 e. The lowest BCUT2D eigenvalue weighted by atomic mass is 10.1. The van der Waals surface area contributed by atoms with E-state index in [0.717, 1.165) is 22.6 Å². The van der Waals surface area contributed by atoms with E-state index in [-0.39, 0.29) is 5.91 Å². The maximum Gasteiger partial charge on any atom is 0.257 e. The molecule has 0 bridgehead atoms. The number of aromatic nitrogens is 1. The fourth-order valence-electron chi connectivity index (χ4n) is 2.27. The van der Waals surface area contributed by atoms with Crippen LogP contribution in [0.1, 0.15) is 15.9 Å². The number of benzene rings is 2. The Morgan fingerprint density at radius 1 is 1.21 bits per heavy atom. The molecule has 24 heavy (non-hydrogen) atoms. The van der Waals surface area contributed by atoms with Gasteiger partial charge in [-0.1, -0.05) is 11.6 Å². The summed E-state index contributed by atoms with van der Waals surface area (Å²) in [5, 5.41) is 5.87. The van der Waals surface area contributed by atoms with Crippen LogP contribution in [0.15, 0.2) is 47.8 Å². The minimum absolute atomic E-state index is 0.210. The number of anilines is 1. The normalized spacial score (nSPS) is 10.5. The number of halogens is 1. The van der Waals surface area contributed by atoms with E-state index < -0.39 is 0 Å². The molecular formula is C18H15ClN2O2S. The van der Waals surface area contributed by atoms with Crippen LogP contribution in [-0.4, -0.2) is 18.0 Å². The number of amides is 1. The van der Waals surface area contributed by atoms with Crippen LogP contribution in [-0.2, 0) is 0 Å². The molecule has 0 fully saturated rings. The standard InChI is InChI=1S/C18H15ClN2O2S/c1-11-9-13(5-8-16(11)23-2)15-10-24-18(20-15)21-17(22)12-3-6-14(19)7-4-12/h3-10H,1-2H3,(H,20,21,22). The second-order valence-corrected chi connectivity index (χ2v) is 6.48. The third-order valence-corrected chi connectivity index (χ3v) is 4.53. The zero-order valence-corrected chi connectivity index (χ0v) is 14.7. The van der Waals surface area contributed by atoms with Crippen LogP contribution in [0, 0.1) is 6.92 Å². The van der Waals surface area contributed by atoms with Gasteiger partial charge in [0.25, 0.3) is 5.91 Å². The highest BCUT2D eigenvalue weighted by Gasteiger charge is 2.11. The van der Waals surface area contributed by atoms with Gasteiger partial charge in [0.1, 0.15) is 5.75 Å². The Balaban J connectivity index is 1.77. The van der Waals surface area contributed by atoms with Crippen molar-refractivity contribution < 1.29 is 9.53 Å². The molecule has 0 saturated carbocycles. The van der Waals surface area contributed by atoms with E-state index in [4.69, 9.17) is 16.3 Å². The van der Waals surface area contributed by atoms with Gasteiger partial charge in [0.2, 0.25) is 0 Å². The zero-order valence-electron chi connectivity index (χ0n) is 13.2. The van der Waals surface area contributed by atoms with Crippen LogP contribution in [0.25, 0.3) is 11.3 Å². The molecule has 0 aliphatic rings. The van der Waals surface area contributed by atoms with Crippen LogP contribution in [0.5, 0.6) is 5.75 Å². The Morgan fingerprint density at radius 3 is 2.62 bits per heavy atom. The number of nitrogens with one attached hydrogen (secondary N) is 1. The molecule has 0 aliphatic heterocycles. The molecule has 0 saturated heterocycles. The van der Waals surface area contributed by atoms with Crippen molar-refractivity contribution >= 4 is 34.0 Å². The average Bonchev–Trinajstić information content (AvgIpc) is 3.04. The smallest absolute Gasteiger partial charge is 0.257 e. The lowest BCUT2D eigenvalue weighted by molar-refractivity contribution is 0.102. The molecule has 0 unspecified atom stereocenters. The molecule has 0 radical (unpaired) electrons. The van der Waals surface area contributed by atoms with E-state index in [9.17, 15) is 4.79 Å². The monoisotopic (exact) mass is 358 g/mol. The summed E-state index contributed by atoms with van der Waals surface area (Å²) in [6.07, 6.45) is 0. The van der Waals surface area contributed by atoms with Crippen molar-refractivity contribution in [2.75, 3.05) is 12.4 Å². The molecule has 1 amide bonds. The number of ether oxygens (including phenoxy) is 1. The van der Waals surface area contributed by atoms with Crippen molar-refractivity contribution in [1.29, 1.82) is 0 Å². The maximum absolute atomic E-state index is 12.2. The summed E-state index contributed by atoms with van der Waals surface area (Å²) >= 11 is 7.22. The summed E-state index contributed by atoms with van der Waals surface area (Å²) in [4.78, 5) is 16.7. The first kappa shape index (κ1) is 16.5. The van der Waals surface area contributed by atoms with Crippen molar-refractivity contribution in [2.24, 2.45) is 0 Å². The summed E-state index contributed by atoms with van der Waals surface area (Å²) in [5.41, 5.74) is 3.37. The van der Waals surface area contributed by atoms with Gasteiger partial charge in [0, 0.05) is 21.5 Å². The molecule has 4 nitrogen and oxygen atoms in total. The molecule has 1 heterocycles. The first-order valence-electron chi connectivity index (χ1n) is 7.24. The van der Waals surface area contributed by atoms with Gasteiger partial charge < -0.3 is 4.74 Å². The van der Waals surface area contributed by atoms with Crippen LogP contribution in [0.4, 0.5) is 5.13 Å². The quantitative estimate of drug-likeness (QED) is 0.711. The number of aryl methyl sites for hydroxylation is 1. The summed E-state index contributed by atoms with van der Waals surface area (Å²) in [6, 6.07) is 12.6. The Morgan fingerprint density at radius 2 is 1.96 bits per heavy atom. The Kier molecular flexibility index (Phi) is 4.83. The molecular weight excluding hydrogens is 344 g/mol. The number of thiazole rings is 1. The van der Waals surface area contributed by atoms with Crippen molar-refractivity contribution in [3.63, 3.8) is 0 Å². The third kappa shape index (κ3) is 3.58. The fraction of sp³-hybridized carbons (Fsp3) is 0.111. The van der Waals surface area contributed by atoms with Crippen molar-refractivity contribution in [3.05, 3.63) is 64.0 Å². The van der Waals surface area contributed by atoms with E-state index in [1.165, 1.54) is 11.3 Å². The third-order valence-electron chi connectivity index (χ3n) is 3.52. The van der Waals surface area contributed by atoms with Crippen molar-refractivity contribution in [1.82, 2.24) is 4.98 Å². The van der Waals surface area contributed by atoms with E-state index in [1.807, 2.05) is 30.5 Å². The van der Waals surface area contributed by atoms with Gasteiger partial charge in [-0.25, -0.2) is 4.98 Å². The summed E-state index contributed by atoms with van der Waals surface area (Å²) < 4.78 is 5.27.